The van der Waals surface area contributed by atoms with Crippen LogP contribution in [0.5, 0.6) is 0 Å². The van der Waals surface area contributed by atoms with Crippen molar-refractivity contribution in [2.24, 2.45) is 5.92 Å². The van der Waals surface area contributed by atoms with Gasteiger partial charge in [-0.15, -0.1) is 0 Å². The molecule has 1 saturated heterocycles. The van der Waals surface area contributed by atoms with E-state index >= 15 is 0 Å². The van der Waals surface area contributed by atoms with Gasteiger partial charge in [0.05, 0.1) is 42.8 Å². The molecule has 3 heterocycles. The number of halogens is 3. The van der Waals surface area contributed by atoms with Gasteiger partial charge in [0, 0.05) is 25.6 Å². The van der Waals surface area contributed by atoms with Crippen LogP contribution in [0.2, 0.25) is 0 Å². The summed E-state index contributed by atoms with van der Waals surface area (Å²) in [6.45, 7) is 2.57. The molecule has 1 aliphatic heterocycles. The topological polar surface area (TPSA) is 171 Å². The van der Waals surface area contributed by atoms with Crippen molar-refractivity contribution in [3.05, 3.63) is 34.5 Å². The number of piperidine rings is 1. The first-order valence-corrected chi connectivity index (χ1v) is 13.1. The lowest BCUT2D eigenvalue weighted by atomic mass is 9.93. The van der Waals surface area contributed by atoms with E-state index in [-0.39, 0.29) is 30.5 Å². The highest BCUT2D eigenvalue weighted by Crippen LogP contribution is 2.31. The van der Waals surface area contributed by atoms with Crippen LogP contribution in [0.15, 0.2) is 23.4 Å². The van der Waals surface area contributed by atoms with Gasteiger partial charge in [-0.05, 0) is 25.7 Å². The number of hydroxylamine groups is 1. The van der Waals surface area contributed by atoms with E-state index in [1.807, 2.05) is 4.90 Å². The quantitative estimate of drug-likeness (QED) is 0.315. The van der Waals surface area contributed by atoms with E-state index in [2.05, 4.69) is 30.6 Å². The van der Waals surface area contributed by atoms with Gasteiger partial charge in [0.1, 0.15) is 5.56 Å². The van der Waals surface area contributed by atoms with Gasteiger partial charge in [0.25, 0.3) is 5.56 Å². The molecule has 3 rings (SSSR count). The summed E-state index contributed by atoms with van der Waals surface area (Å²) in [5.74, 6) is 0.168. The van der Waals surface area contributed by atoms with Crippen molar-refractivity contribution in [3.63, 3.8) is 0 Å². The first-order chi connectivity index (χ1) is 17.3. The number of carbonyl (C=O) groups excluding carboxylic acids is 1. The number of rotatable bonds is 10. The van der Waals surface area contributed by atoms with Crippen LogP contribution in [0.25, 0.3) is 0 Å². The fourth-order valence-electron chi connectivity index (χ4n) is 3.74. The predicted octanol–water partition coefficient (Wildman–Crippen LogP) is 1.11. The Morgan fingerprint density at radius 3 is 2.49 bits per heavy atom. The summed E-state index contributed by atoms with van der Waals surface area (Å²) in [4.78, 5) is 39.2. The van der Waals surface area contributed by atoms with Gasteiger partial charge in [0.15, 0.2) is 0 Å². The maximum Gasteiger partial charge on any atom is 0.423 e. The Hall–Kier alpha value is -3.47. The average molecular weight is 549 g/mol. The number of alkyl halides is 3. The molecule has 0 spiro atoms. The lowest BCUT2D eigenvalue weighted by molar-refractivity contribution is -0.138. The highest BCUT2D eigenvalue weighted by molar-refractivity contribution is 7.92. The Morgan fingerprint density at radius 1 is 1.24 bits per heavy atom. The molecule has 2 aromatic heterocycles. The Balaban J connectivity index is 1.39. The van der Waals surface area contributed by atoms with Crippen LogP contribution in [0, 0.1) is 5.92 Å². The molecule has 0 saturated carbocycles. The second-order valence-corrected chi connectivity index (χ2v) is 10.4. The number of aromatic nitrogens is 4. The van der Waals surface area contributed by atoms with E-state index in [1.54, 1.807) is 5.10 Å². The molecule has 1 amide bonds. The van der Waals surface area contributed by atoms with Crippen molar-refractivity contribution in [2.75, 3.05) is 40.9 Å². The van der Waals surface area contributed by atoms with Crippen molar-refractivity contribution in [1.82, 2.24) is 25.6 Å². The molecule has 17 heteroatoms. The third kappa shape index (κ3) is 8.56. The predicted molar refractivity (Wildman–Crippen MR) is 127 cm³/mol. The van der Waals surface area contributed by atoms with E-state index in [4.69, 9.17) is 4.84 Å². The molecule has 13 nitrogen and oxygen atoms in total. The Bertz CT molecular complexity index is 1230. The number of nitrogens with zero attached hydrogens (tertiary/aromatic N) is 4. The molecule has 1 aliphatic rings. The number of nitrogens with one attached hydrogen (secondary N) is 4. The van der Waals surface area contributed by atoms with E-state index in [0.717, 1.165) is 12.5 Å². The smallest absolute Gasteiger partial charge is 0.378 e. The van der Waals surface area contributed by atoms with E-state index in [9.17, 15) is 31.2 Å². The summed E-state index contributed by atoms with van der Waals surface area (Å²) in [6, 6.07) is -0.674. The number of hydrogen-bond acceptors (Lipinski definition) is 10. The fraction of sp³-hybridized carbons (Fsp3) is 0.550. The Morgan fingerprint density at radius 2 is 1.89 bits per heavy atom. The molecule has 1 atom stereocenters. The summed E-state index contributed by atoms with van der Waals surface area (Å²) in [7, 11) is -3.42. The Kier molecular flexibility index (Phi) is 8.90. The number of amides is 1. The van der Waals surface area contributed by atoms with Gasteiger partial charge in [-0.1, -0.05) is 0 Å². The molecule has 37 heavy (non-hydrogen) atoms. The second-order valence-electron chi connectivity index (χ2n) is 8.65. The van der Waals surface area contributed by atoms with Crippen molar-refractivity contribution in [2.45, 2.75) is 38.4 Å². The van der Waals surface area contributed by atoms with E-state index in [0.29, 0.717) is 31.9 Å². The van der Waals surface area contributed by atoms with E-state index < -0.39 is 39.1 Å². The maximum absolute atomic E-state index is 13.1. The van der Waals surface area contributed by atoms with Crippen LogP contribution in [0.1, 0.15) is 31.7 Å². The molecule has 0 aromatic carbocycles. The number of H-pyrrole nitrogens is 1. The zero-order valence-electron chi connectivity index (χ0n) is 20.0. The normalized spacial score (nSPS) is 15.8. The first-order valence-electron chi connectivity index (χ1n) is 11.2. The summed E-state index contributed by atoms with van der Waals surface area (Å²) in [6.07, 6.45) is 1.36. The minimum Gasteiger partial charge on any atom is -0.378 e. The molecule has 0 radical (unpaired) electrons. The minimum absolute atomic E-state index is 0.0815. The number of anilines is 3. The maximum atomic E-state index is 13.1. The minimum atomic E-state index is -4.87. The molecule has 0 unspecified atom stereocenters. The monoisotopic (exact) mass is 548 g/mol. The highest BCUT2D eigenvalue weighted by atomic mass is 32.2. The number of sulfonamides is 1. The second kappa shape index (κ2) is 11.7. The summed E-state index contributed by atoms with van der Waals surface area (Å²) in [5, 5.41) is 7.65. The standard InChI is InChI=1S/C20H27F3N8O5S/c1-12(27-15-10-26-28-18(33)17(15)20(21,22)23)11-36-29-16(32)7-13-3-5-31(6-4-13)19-24-8-14(9-25-19)30-37(2,34)35/h8-10,12-13,30H,3-7,11H2,1-2H3,(H,29,32)(H2,27,28,33)/t12-/m0/s1. The molecular formula is C20H27F3N8O5S. The van der Waals surface area contributed by atoms with Crippen molar-refractivity contribution in [1.29, 1.82) is 0 Å². The van der Waals surface area contributed by atoms with Crippen LogP contribution in [0.3, 0.4) is 0 Å². The SMILES string of the molecule is C[C@@H](CONC(=O)CC1CCN(c2ncc(NS(C)(=O)=O)cn2)CC1)Nc1cn[nH]c(=O)c1C(F)(F)F. The summed E-state index contributed by atoms with van der Waals surface area (Å²) < 4.78 is 64.2. The van der Waals surface area contributed by atoms with Gasteiger partial charge in [-0.3, -0.25) is 19.1 Å². The van der Waals surface area contributed by atoms with Crippen molar-refractivity contribution in [3.8, 4) is 0 Å². The highest BCUT2D eigenvalue weighted by Gasteiger charge is 2.37. The average Bonchev–Trinajstić information content (AvgIpc) is 2.78. The van der Waals surface area contributed by atoms with Crippen LogP contribution < -0.4 is 26.0 Å². The van der Waals surface area contributed by atoms with Crippen LogP contribution in [0.4, 0.5) is 30.5 Å². The molecular weight excluding hydrogens is 521 g/mol. The Labute approximate surface area is 210 Å². The van der Waals surface area contributed by atoms with Gasteiger partial charge in [-0.25, -0.2) is 29.0 Å². The molecule has 0 bridgehead atoms. The molecule has 1 fully saturated rings. The zero-order chi connectivity index (χ0) is 27.2. The summed E-state index contributed by atoms with van der Waals surface area (Å²) in [5.41, 5.74) is -0.693. The van der Waals surface area contributed by atoms with Gasteiger partial charge >= 0.3 is 6.18 Å². The lowest BCUT2D eigenvalue weighted by Gasteiger charge is -2.31. The molecule has 4 N–H and O–H groups in total. The van der Waals surface area contributed by atoms with Crippen molar-refractivity contribution >= 4 is 33.3 Å². The number of aromatic amines is 1. The fourth-order valence-corrected chi connectivity index (χ4v) is 4.27. The van der Waals surface area contributed by atoms with Gasteiger partial charge < -0.3 is 10.2 Å². The van der Waals surface area contributed by atoms with Gasteiger partial charge in [0.2, 0.25) is 21.9 Å². The van der Waals surface area contributed by atoms with Crippen LogP contribution >= 0.6 is 0 Å². The number of hydrogen-bond donors (Lipinski definition) is 4. The van der Waals surface area contributed by atoms with Crippen LogP contribution in [-0.2, 0) is 25.8 Å². The third-order valence-corrected chi connectivity index (χ3v) is 5.98. The number of carbonyl (C=O) groups is 1. The summed E-state index contributed by atoms with van der Waals surface area (Å²) >= 11 is 0. The molecule has 2 aromatic rings. The van der Waals surface area contributed by atoms with Gasteiger partial charge in [-0.2, -0.15) is 18.3 Å². The zero-order valence-corrected chi connectivity index (χ0v) is 20.8. The lowest BCUT2D eigenvalue weighted by Crippen LogP contribution is -2.37. The third-order valence-electron chi connectivity index (χ3n) is 5.37. The molecule has 204 valence electrons. The van der Waals surface area contributed by atoms with E-state index in [1.165, 1.54) is 19.3 Å². The van der Waals surface area contributed by atoms with Crippen LogP contribution in [-0.4, -0.2) is 66.5 Å². The first kappa shape index (κ1) is 28.1. The van der Waals surface area contributed by atoms with Crippen molar-refractivity contribution < 1.29 is 31.2 Å². The molecule has 0 aliphatic carbocycles. The largest absolute Gasteiger partial charge is 0.423 e.